The van der Waals surface area contributed by atoms with Gasteiger partial charge in [-0.25, -0.2) is 4.98 Å². The number of aliphatic hydroxyl groups excluding tert-OH is 1. The van der Waals surface area contributed by atoms with Gasteiger partial charge in [-0.2, -0.15) is 0 Å². The molecular weight excluding hydrogens is 208 g/mol. The summed E-state index contributed by atoms with van der Waals surface area (Å²) in [7, 11) is 0. The van der Waals surface area contributed by atoms with E-state index in [0.29, 0.717) is 0 Å². The number of halogens is 1. The van der Waals surface area contributed by atoms with Gasteiger partial charge in [0.25, 0.3) is 0 Å². The molecule has 0 unspecified atom stereocenters. The predicted molar refractivity (Wildman–Crippen MR) is 46.0 cm³/mol. The van der Waals surface area contributed by atoms with Crippen LogP contribution in [0.25, 0.3) is 0 Å². The van der Waals surface area contributed by atoms with E-state index < -0.39 is 0 Å². The zero-order chi connectivity index (χ0) is 8.27. The summed E-state index contributed by atoms with van der Waals surface area (Å²) in [5.74, 6) is 0. The predicted octanol–water partition coefficient (Wildman–Crippen LogP) is 0.836. The molecule has 0 radical (unpaired) electrons. The van der Waals surface area contributed by atoms with Crippen molar-refractivity contribution in [1.82, 2.24) is 4.98 Å². The molecule has 1 atom stereocenters. The second-order valence-electron chi connectivity index (χ2n) is 2.20. The summed E-state index contributed by atoms with van der Waals surface area (Å²) < 4.78 is 0.770. The molecule has 0 saturated carbocycles. The van der Waals surface area contributed by atoms with Crippen molar-refractivity contribution < 1.29 is 5.11 Å². The number of aromatic nitrogens is 1. The second-order valence-corrected chi connectivity index (χ2v) is 3.02. The minimum absolute atomic E-state index is 0.0523. The summed E-state index contributed by atoms with van der Waals surface area (Å²) in [6.45, 7) is -0.0523. The van der Waals surface area contributed by atoms with Crippen LogP contribution in [0.3, 0.4) is 0 Å². The molecule has 0 amide bonds. The Bertz CT molecular complexity index is 224. The molecule has 1 aromatic heterocycles. The van der Waals surface area contributed by atoms with Crippen molar-refractivity contribution in [2.24, 2.45) is 5.73 Å². The third kappa shape index (κ3) is 2.25. The van der Waals surface area contributed by atoms with Gasteiger partial charge in [0.05, 0.1) is 12.6 Å². The minimum atomic E-state index is -0.324. The molecule has 0 aliphatic rings. The molecule has 0 bridgehead atoms. The lowest BCUT2D eigenvalue weighted by atomic mass is 10.1. The molecule has 1 heterocycles. The van der Waals surface area contributed by atoms with E-state index in [9.17, 15) is 0 Å². The maximum atomic E-state index is 8.69. The van der Waals surface area contributed by atoms with Crippen molar-refractivity contribution in [2.75, 3.05) is 6.61 Å². The van der Waals surface area contributed by atoms with Gasteiger partial charge >= 0.3 is 0 Å². The normalized spacial score (nSPS) is 13.0. The van der Waals surface area contributed by atoms with Crippen LogP contribution in [0, 0.1) is 0 Å². The zero-order valence-corrected chi connectivity index (χ0v) is 7.45. The molecular formula is C7H9BrN2O. The molecule has 0 fully saturated rings. The van der Waals surface area contributed by atoms with Crippen molar-refractivity contribution in [3.8, 4) is 0 Å². The van der Waals surface area contributed by atoms with Crippen LogP contribution in [0.5, 0.6) is 0 Å². The lowest BCUT2D eigenvalue weighted by molar-refractivity contribution is 0.268. The average Bonchev–Trinajstić information content (AvgIpc) is 2.05. The number of rotatable bonds is 2. The van der Waals surface area contributed by atoms with E-state index >= 15 is 0 Å². The SMILES string of the molecule is N[C@@H](CO)c1ccc(Br)nc1. The van der Waals surface area contributed by atoms with Gasteiger partial charge in [-0.3, -0.25) is 0 Å². The fourth-order valence-corrected chi connectivity index (χ4v) is 0.947. The van der Waals surface area contributed by atoms with Crippen molar-refractivity contribution in [3.05, 3.63) is 28.5 Å². The number of aliphatic hydroxyl groups is 1. The zero-order valence-electron chi connectivity index (χ0n) is 5.87. The molecule has 1 rings (SSSR count). The molecule has 60 valence electrons. The first kappa shape index (κ1) is 8.64. The van der Waals surface area contributed by atoms with E-state index in [1.54, 1.807) is 12.3 Å². The topological polar surface area (TPSA) is 59.1 Å². The lowest BCUT2D eigenvalue weighted by Crippen LogP contribution is -2.14. The molecule has 4 heteroatoms. The molecule has 0 saturated heterocycles. The van der Waals surface area contributed by atoms with Crippen LogP contribution < -0.4 is 5.73 Å². The van der Waals surface area contributed by atoms with Gasteiger partial charge < -0.3 is 10.8 Å². The van der Waals surface area contributed by atoms with Crippen LogP contribution in [-0.2, 0) is 0 Å². The number of hydrogen-bond donors (Lipinski definition) is 2. The van der Waals surface area contributed by atoms with Crippen LogP contribution in [-0.4, -0.2) is 16.7 Å². The van der Waals surface area contributed by atoms with Crippen LogP contribution >= 0.6 is 15.9 Å². The van der Waals surface area contributed by atoms with Gasteiger partial charge in [-0.1, -0.05) is 6.07 Å². The fraction of sp³-hybridized carbons (Fsp3) is 0.286. The van der Waals surface area contributed by atoms with E-state index in [-0.39, 0.29) is 12.6 Å². The third-order valence-corrected chi connectivity index (χ3v) is 1.84. The Labute approximate surface area is 73.4 Å². The highest BCUT2D eigenvalue weighted by molar-refractivity contribution is 9.10. The van der Waals surface area contributed by atoms with E-state index in [1.807, 2.05) is 6.07 Å². The molecule has 1 aromatic rings. The summed E-state index contributed by atoms with van der Waals surface area (Å²) in [6.07, 6.45) is 1.64. The van der Waals surface area contributed by atoms with E-state index in [4.69, 9.17) is 10.8 Å². The largest absolute Gasteiger partial charge is 0.394 e. The number of nitrogens with zero attached hydrogens (tertiary/aromatic N) is 1. The van der Waals surface area contributed by atoms with Crippen molar-refractivity contribution in [2.45, 2.75) is 6.04 Å². The molecule has 0 aliphatic heterocycles. The first-order valence-electron chi connectivity index (χ1n) is 3.22. The highest BCUT2D eigenvalue weighted by atomic mass is 79.9. The van der Waals surface area contributed by atoms with Crippen molar-refractivity contribution in [1.29, 1.82) is 0 Å². The number of hydrogen-bond acceptors (Lipinski definition) is 3. The molecule has 0 spiro atoms. The first-order chi connectivity index (χ1) is 5.24. The summed E-state index contributed by atoms with van der Waals surface area (Å²) in [6, 6.07) is 3.30. The Morgan fingerprint density at radius 2 is 2.36 bits per heavy atom. The maximum Gasteiger partial charge on any atom is 0.106 e. The minimum Gasteiger partial charge on any atom is -0.394 e. The maximum absolute atomic E-state index is 8.69. The Balaban J connectivity index is 2.81. The van der Waals surface area contributed by atoms with E-state index in [2.05, 4.69) is 20.9 Å². The quantitative estimate of drug-likeness (QED) is 0.721. The standard InChI is InChI=1S/C7H9BrN2O/c8-7-2-1-5(3-10-7)6(9)4-11/h1-3,6,11H,4,9H2/t6-/m0/s1. The Morgan fingerprint density at radius 1 is 1.64 bits per heavy atom. The third-order valence-electron chi connectivity index (χ3n) is 1.38. The smallest absolute Gasteiger partial charge is 0.106 e. The Morgan fingerprint density at radius 3 is 2.82 bits per heavy atom. The van der Waals surface area contributed by atoms with Gasteiger partial charge in [0.2, 0.25) is 0 Å². The monoisotopic (exact) mass is 216 g/mol. The van der Waals surface area contributed by atoms with Gasteiger partial charge in [0, 0.05) is 6.20 Å². The highest BCUT2D eigenvalue weighted by Crippen LogP contribution is 2.11. The van der Waals surface area contributed by atoms with E-state index in [1.165, 1.54) is 0 Å². The van der Waals surface area contributed by atoms with Gasteiger partial charge in [-0.05, 0) is 27.6 Å². The molecule has 0 aliphatic carbocycles. The molecule has 3 nitrogen and oxygen atoms in total. The van der Waals surface area contributed by atoms with Crippen molar-refractivity contribution >= 4 is 15.9 Å². The van der Waals surface area contributed by atoms with Crippen LogP contribution in [0.1, 0.15) is 11.6 Å². The first-order valence-corrected chi connectivity index (χ1v) is 4.01. The van der Waals surface area contributed by atoms with Crippen LogP contribution in [0.4, 0.5) is 0 Å². The van der Waals surface area contributed by atoms with Gasteiger partial charge in [-0.15, -0.1) is 0 Å². The van der Waals surface area contributed by atoms with Gasteiger partial charge in [0.1, 0.15) is 4.60 Å². The van der Waals surface area contributed by atoms with Gasteiger partial charge in [0.15, 0.2) is 0 Å². The number of nitrogens with two attached hydrogens (primary N) is 1. The summed E-state index contributed by atoms with van der Waals surface area (Å²) in [4.78, 5) is 3.97. The molecule has 11 heavy (non-hydrogen) atoms. The van der Waals surface area contributed by atoms with Crippen LogP contribution in [0.15, 0.2) is 22.9 Å². The Kier molecular flexibility index (Phi) is 2.99. The second kappa shape index (κ2) is 3.80. The molecule has 0 aromatic carbocycles. The lowest BCUT2D eigenvalue weighted by Gasteiger charge is -2.06. The molecule has 3 N–H and O–H groups in total. The number of pyridine rings is 1. The average molecular weight is 217 g/mol. The highest BCUT2D eigenvalue weighted by Gasteiger charge is 2.02. The Hall–Kier alpha value is -0.450. The van der Waals surface area contributed by atoms with Crippen LogP contribution in [0.2, 0.25) is 0 Å². The van der Waals surface area contributed by atoms with Crippen molar-refractivity contribution in [3.63, 3.8) is 0 Å². The summed E-state index contributed by atoms with van der Waals surface area (Å²) in [5.41, 5.74) is 6.38. The summed E-state index contributed by atoms with van der Waals surface area (Å²) >= 11 is 3.20. The summed E-state index contributed by atoms with van der Waals surface area (Å²) in [5, 5.41) is 8.69. The van der Waals surface area contributed by atoms with E-state index in [0.717, 1.165) is 10.2 Å². The fourth-order valence-electron chi connectivity index (χ4n) is 0.712.